The second-order valence-electron chi connectivity index (χ2n) is 7.74. The Morgan fingerprint density at radius 3 is 2.62 bits per heavy atom. The highest BCUT2D eigenvalue weighted by atomic mass is 16.5. The third kappa shape index (κ3) is 3.01. The van der Waals surface area contributed by atoms with E-state index in [2.05, 4.69) is 48.3 Å². The standard InChI is InChI=1S/C22H28N2O2/c1-3-22(2,24-11-13-26-14-12-24)15-23-21(25)19-10-9-17-8-7-16-5-4-6-18(19)20(16)17/h4-6,9-10H,3,7-8,11-15H2,1-2H3,(H,23,25). The highest BCUT2D eigenvalue weighted by Crippen LogP contribution is 2.32. The molecular formula is C22H28N2O2. The Balaban J connectivity index is 1.54. The number of nitrogens with zero attached hydrogens (tertiary/aromatic N) is 1. The van der Waals surface area contributed by atoms with Gasteiger partial charge in [0, 0.05) is 30.7 Å². The molecule has 4 heteroatoms. The van der Waals surface area contributed by atoms with Crippen LogP contribution in [0.25, 0.3) is 10.8 Å². The number of benzene rings is 2. The Hall–Kier alpha value is -1.91. The van der Waals surface area contributed by atoms with Gasteiger partial charge in [0.25, 0.3) is 5.91 Å². The van der Waals surface area contributed by atoms with Gasteiger partial charge >= 0.3 is 0 Å². The van der Waals surface area contributed by atoms with Crippen LogP contribution >= 0.6 is 0 Å². The van der Waals surface area contributed by atoms with E-state index in [0.717, 1.165) is 56.5 Å². The maximum absolute atomic E-state index is 13.0. The molecule has 1 saturated heterocycles. The molecule has 138 valence electrons. The van der Waals surface area contributed by atoms with Crippen LogP contribution in [0.3, 0.4) is 0 Å². The van der Waals surface area contributed by atoms with E-state index in [4.69, 9.17) is 4.74 Å². The van der Waals surface area contributed by atoms with Crippen molar-refractivity contribution in [3.63, 3.8) is 0 Å². The van der Waals surface area contributed by atoms with Crippen molar-refractivity contribution in [2.45, 2.75) is 38.6 Å². The van der Waals surface area contributed by atoms with Gasteiger partial charge in [0.2, 0.25) is 0 Å². The van der Waals surface area contributed by atoms with Gasteiger partial charge in [-0.3, -0.25) is 9.69 Å². The number of hydrogen-bond acceptors (Lipinski definition) is 3. The van der Waals surface area contributed by atoms with E-state index in [1.807, 2.05) is 6.07 Å². The van der Waals surface area contributed by atoms with E-state index in [1.54, 1.807) is 0 Å². The summed E-state index contributed by atoms with van der Waals surface area (Å²) in [5, 5.41) is 5.61. The van der Waals surface area contributed by atoms with Crippen LogP contribution in [0.4, 0.5) is 0 Å². The Labute approximate surface area is 155 Å². The number of morpholine rings is 1. The number of amides is 1. The van der Waals surface area contributed by atoms with Crippen LogP contribution in [0.1, 0.15) is 41.8 Å². The number of carbonyl (C=O) groups excluding carboxylic acids is 1. The molecule has 2 aliphatic rings. The van der Waals surface area contributed by atoms with Crippen molar-refractivity contribution in [1.29, 1.82) is 0 Å². The molecule has 0 saturated carbocycles. The first-order chi connectivity index (χ1) is 12.6. The predicted molar refractivity (Wildman–Crippen MR) is 105 cm³/mol. The minimum absolute atomic E-state index is 0.0334. The molecule has 26 heavy (non-hydrogen) atoms. The summed E-state index contributed by atoms with van der Waals surface area (Å²) in [6, 6.07) is 10.5. The van der Waals surface area contributed by atoms with Crippen LogP contribution in [0.5, 0.6) is 0 Å². The molecule has 1 aliphatic heterocycles. The van der Waals surface area contributed by atoms with E-state index in [-0.39, 0.29) is 11.4 Å². The van der Waals surface area contributed by atoms with Crippen molar-refractivity contribution in [1.82, 2.24) is 10.2 Å². The Kier molecular flexibility index (Phi) is 4.72. The third-order valence-electron chi connectivity index (χ3n) is 6.29. The van der Waals surface area contributed by atoms with Crippen molar-refractivity contribution in [2.75, 3.05) is 32.8 Å². The van der Waals surface area contributed by atoms with Crippen molar-refractivity contribution in [3.05, 3.63) is 47.0 Å². The van der Waals surface area contributed by atoms with Crippen LogP contribution in [0.15, 0.2) is 30.3 Å². The topological polar surface area (TPSA) is 41.6 Å². The highest BCUT2D eigenvalue weighted by molar-refractivity contribution is 6.09. The Bertz CT molecular complexity index is 816. The van der Waals surface area contributed by atoms with E-state index in [1.165, 1.54) is 16.5 Å². The molecule has 0 radical (unpaired) electrons. The molecule has 4 rings (SSSR count). The fourth-order valence-electron chi connectivity index (χ4n) is 4.37. The van der Waals surface area contributed by atoms with Gasteiger partial charge in [0.05, 0.1) is 13.2 Å². The quantitative estimate of drug-likeness (QED) is 0.899. The van der Waals surface area contributed by atoms with Gasteiger partial charge in [-0.25, -0.2) is 0 Å². The van der Waals surface area contributed by atoms with E-state index in [0.29, 0.717) is 6.54 Å². The Morgan fingerprint density at radius 1 is 1.15 bits per heavy atom. The molecular weight excluding hydrogens is 324 g/mol. The monoisotopic (exact) mass is 352 g/mol. The van der Waals surface area contributed by atoms with Crippen LogP contribution in [0.2, 0.25) is 0 Å². The molecule has 2 aromatic carbocycles. The zero-order valence-corrected chi connectivity index (χ0v) is 15.8. The minimum Gasteiger partial charge on any atom is -0.379 e. The number of hydrogen-bond donors (Lipinski definition) is 1. The lowest BCUT2D eigenvalue weighted by Crippen LogP contribution is -2.56. The number of nitrogens with one attached hydrogen (secondary N) is 1. The molecule has 1 atom stereocenters. The van der Waals surface area contributed by atoms with Crippen molar-refractivity contribution < 1.29 is 9.53 Å². The van der Waals surface area contributed by atoms with E-state index >= 15 is 0 Å². The molecule has 0 aromatic heterocycles. The lowest BCUT2D eigenvalue weighted by Gasteiger charge is -2.43. The van der Waals surface area contributed by atoms with Gasteiger partial charge in [0.1, 0.15) is 0 Å². The first kappa shape index (κ1) is 17.5. The molecule has 1 heterocycles. The highest BCUT2D eigenvalue weighted by Gasteiger charge is 2.32. The zero-order valence-electron chi connectivity index (χ0n) is 15.8. The van der Waals surface area contributed by atoms with E-state index < -0.39 is 0 Å². The first-order valence-corrected chi connectivity index (χ1v) is 9.77. The molecule has 0 spiro atoms. The second-order valence-corrected chi connectivity index (χ2v) is 7.74. The number of ether oxygens (including phenoxy) is 1. The van der Waals surface area contributed by atoms with Gasteiger partial charge < -0.3 is 10.1 Å². The van der Waals surface area contributed by atoms with Gasteiger partial charge in [-0.05, 0) is 54.2 Å². The molecule has 1 fully saturated rings. The summed E-state index contributed by atoms with van der Waals surface area (Å²) in [6.07, 6.45) is 3.17. The lowest BCUT2D eigenvalue weighted by molar-refractivity contribution is -0.0169. The van der Waals surface area contributed by atoms with Crippen molar-refractivity contribution >= 4 is 16.7 Å². The average Bonchev–Trinajstić information content (AvgIpc) is 3.12. The Morgan fingerprint density at radius 2 is 1.88 bits per heavy atom. The molecule has 1 unspecified atom stereocenters. The molecule has 4 nitrogen and oxygen atoms in total. The molecule has 0 bridgehead atoms. The lowest BCUT2D eigenvalue weighted by atomic mass is 9.95. The van der Waals surface area contributed by atoms with Crippen LogP contribution in [-0.4, -0.2) is 49.2 Å². The summed E-state index contributed by atoms with van der Waals surface area (Å²) in [6.45, 7) is 8.51. The van der Waals surface area contributed by atoms with E-state index in [9.17, 15) is 4.79 Å². The smallest absolute Gasteiger partial charge is 0.251 e. The van der Waals surface area contributed by atoms with Crippen LogP contribution in [0, 0.1) is 0 Å². The minimum atomic E-state index is -0.0334. The summed E-state index contributed by atoms with van der Waals surface area (Å²) in [4.78, 5) is 15.4. The normalized spacial score (nSPS) is 19.5. The fraction of sp³-hybridized carbons (Fsp3) is 0.500. The summed E-state index contributed by atoms with van der Waals surface area (Å²) >= 11 is 0. The van der Waals surface area contributed by atoms with Gasteiger partial charge in [-0.2, -0.15) is 0 Å². The maximum atomic E-state index is 13.0. The largest absolute Gasteiger partial charge is 0.379 e. The summed E-state index contributed by atoms with van der Waals surface area (Å²) < 4.78 is 5.48. The second kappa shape index (κ2) is 7.01. The van der Waals surface area contributed by atoms with Gasteiger partial charge in [0.15, 0.2) is 0 Å². The van der Waals surface area contributed by atoms with Crippen LogP contribution in [-0.2, 0) is 17.6 Å². The summed E-state index contributed by atoms with van der Waals surface area (Å²) in [5.74, 6) is 0.0357. The molecule has 2 aromatic rings. The molecule has 1 aliphatic carbocycles. The zero-order chi connectivity index (χ0) is 18.1. The SMILES string of the molecule is CCC(C)(CNC(=O)c1ccc2c3c(cccc13)CC2)N1CCOCC1. The number of carbonyl (C=O) groups is 1. The van der Waals surface area contributed by atoms with Crippen LogP contribution < -0.4 is 5.32 Å². The summed E-state index contributed by atoms with van der Waals surface area (Å²) in [5.41, 5.74) is 3.51. The van der Waals surface area contributed by atoms with Gasteiger partial charge in [-0.1, -0.05) is 31.2 Å². The van der Waals surface area contributed by atoms with Crippen molar-refractivity contribution in [3.8, 4) is 0 Å². The fourth-order valence-corrected chi connectivity index (χ4v) is 4.37. The third-order valence-corrected chi connectivity index (χ3v) is 6.29. The average molecular weight is 352 g/mol. The number of aryl methyl sites for hydroxylation is 2. The predicted octanol–water partition coefficient (Wildman–Crippen LogP) is 3.17. The molecule has 1 N–H and O–H groups in total. The summed E-state index contributed by atoms with van der Waals surface area (Å²) in [7, 11) is 0. The van der Waals surface area contributed by atoms with Gasteiger partial charge in [-0.15, -0.1) is 0 Å². The first-order valence-electron chi connectivity index (χ1n) is 9.77. The molecule has 1 amide bonds. The van der Waals surface area contributed by atoms with Crippen molar-refractivity contribution in [2.24, 2.45) is 0 Å². The maximum Gasteiger partial charge on any atom is 0.251 e. The number of rotatable bonds is 5.